The summed E-state index contributed by atoms with van der Waals surface area (Å²) < 4.78 is 52.3. The molecule has 7 nitrogen and oxygen atoms in total. The first kappa shape index (κ1) is 26.7. The van der Waals surface area contributed by atoms with E-state index in [2.05, 4.69) is 25.1 Å². The van der Waals surface area contributed by atoms with Gasteiger partial charge in [0.25, 0.3) is 0 Å². The zero-order valence-corrected chi connectivity index (χ0v) is 24.4. The molecule has 4 aliphatic heterocycles. The van der Waals surface area contributed by atoms with E-state index < -0.39 is 17.8 Å². The lowest BCUT2D eigenvalue weighted by molar-refractivity contribution is 0.111. The maximum atomic E-state index is 16.7. The molecule has 12 heteroatoms. The second-order valence-corrected chi connectivity index (χ2v) is 13.6. The topological polar surface area (TPSA) is 79.5 Å². The first-order valence-electron chi connectivity index (χ1n) is 14.5. The van der Waals surface area contributed by atoms with Crippen molar-refractivity contribution in [1.29, 1.82) is 0 Å². The zero-order valence-electron chi connectivity index (χ0n) is 22.8. The molecule has 2 aromatic heterocycles. The number of ether oxygens (including phenoxy) is 1. The summed E-state index contributed by atoms with van der Waals surface area (Å²) in [6.07, 6.45) is 3.60. The molecular formula is C30H30ClF3N6OS. The van der Waals surface area contributed by atoms with Crippen LogP contribution >= 0.6 is 22.9 Å². The van der Waals surface area contributed by atoms with Crippen LogP contribution in [0.4, 0.5) is 24.0 Å². The summed E-state index contributed by atoms with van der Waals surface area (Å²) in [6, 6.07) is 7.06. The van der Waals surface area contributed by atoms with Crippen molar-refractivity contribution in [3.05, 3.63) is 40.9 Å². The van der Waals surface area contributed by atoms with E-state index in [4.69, 9.17) is 22.1 Å². The molecule has 4 aliphatic rings. The van der Waals surface area contributed by atoms with E-state index in [9.17, 15) is 8.78 Å². The number of alkyl halides is 1. The Bertz CT molecular complexity index is 1720. The van der Waals surface area contributed by atoms with Crippen LogP contribution in [0.1, 0.15) is 32.1 Å². The van der Waals surface area contributed by atoms with E-state index >= 15 is 4.39 Å². The van der Waals surface area contributed by atoms with Crippen LogP contribution in [0.15, 0.2) is 24.3 Å². The monoisotopic (exact) mass is 614 g/mol. The maximum absolute atomic E-state index is 16.7. The number of pyridine rings is 1. The molecular weight excluding hydrogens is 585 g/mol. The van der Waals surface area contributed by atoms with Crippen molar-refractivity contribution in [2.75, 3.05) is 43.4 Å². The Morgan fingerprint density at radius 2 is 1.93 bits per heavy atom. The third-order valence-electron chi connectivity index (χ3n) is 9.54. The highest BCUT2D eigenvalue weighted by atomic mass is 35.5. The Kier molecular flexibility index (Phi) is 6.26. The Morgan fingerprint density at radius 1 is 1.12 bits per heavy atom. The van der Waals surface area contributed by atoms with Gasteiger partial charge < -0.3 is 20.7 Å². The molecule has 220 valence electrons. The average molecular weight is 615 g/mol. The van der Waals surface area contributed by atoms with Crippen LogP contribution in [0.3, 0.4) is 0 Å². The lowest BCUT2D eigenvalue weighted by Crippen LogP contribution is -2.51. The van der Waals surface area contributed by atoms with Gasteiger partial charge in [0.05, 0.1) is 26.5 Å². The summed E-state index contributed by atoms with van der Waals surface area (Å²) in [4.78, 5) is 13.4. The molecule has 4 aromatic rings. The summed E-state index contributed by atoms with van der Waals surface area (Å²) in [7, 11) is 0. The molecule has 0 aliphatic carbocycles. The third kappa shape index (κ3) is 4.23. The smallest absolute Gasteiger partial charge is 0.216 e. The number of aromatic nitrogens is 2. The van der Waals surface area contributed by atoms with Crippen molar-refractivity contribution in [3.63, 3.8) is 0 Å². The SMILES string of the molecule is Nc1nc2c(-c3c(Cl)cc4c(N5C[C@H]6CC[C@@H](C5)N6)cc(OC[C@@]56CCCN5C[C@H](F)C6)nc4c3F)ccc(F)c2s1. The molecule has 4 fully saturated rings. The van der Waals surface area contributed by atoms with Gasteiger partial charge in [-0.3, -0.25) is 4.90 Å². The van der Waals surface area contributed by atoms with Crippen LogP contribution < -0.4 is 20.7 Å². The van der Waals surface area contributed by atoms with Crippen LogP contribution in [0.5, 0.6) is 5.88 Å². The molecule has 4 saturated heterocycles. The molecule has 0 saturated carbocycles. The first-order chi connectivity index (χ1) is 20.3. The molecule has 0 unspecified atom stereocenters. The van der Waals surface area contributed by atoms with Gasteiger partial charge in [0.2, 0.25) is 5.88 Å². The molecule has 0 spiro atoms. The predicted octanol–water partition coefficient (Wildman–Crippen LogP) is 5.92. The molecule has 4 atom stereocenters. The first-order valence-corrected chi connectivity index (χ1v) is 15.7. The quantitative estimate of drug-likeness (QED) is 0.289. The number of hydrogen-bond donors (Lipinski definition) is 2. The van der Waals surface area contributed by atoms with Gasteiger partial charge in [-0.25, -0.2) is 23.1 Å². The van der Waals surface area contributed by atoms with E-state index in [0.29, 0.717) is 41.9 Å². The number of thiazole rings is 1. The van der Waals surface area contributed by atoms with Gasteiger partial charge in [0.15, 0.2) is 10.9 Å². The van der Waals surface area contributed by atoms with Crippen LogP contribution in [-0.4, -0.2) is 71.4 Å². The van der Waals surface area contributed by atoms with E-state index in [0.717, 1.165) is 62.3 Å². The van der Waals surface area contributed by atoms with Gasteiger partial charge in [-0.15, -0.1) is 0 Å². The number of nitrogen functional groups attached to an aromatic ring is 1. The highest BCUT2D eigenvalue weighted by molar-refractivity contribution is 7.22. The van der Waals surface area contributed by atoms with Crippen molar-refractivity contribution in [2.45, 2.75) is 55.9 Å². The maximum Gasteiger partial charge on any atom is 0.216 e. The highest BCUT2D eigenvalue weighted by Crippen LogP contribution is 2.45. The van der Waals surface area contributed by atoms with Gasteiger partial charge in [-0.05, 0) is 50.4 Å². The fourth-order valence-electron chi connectivity index (χ4n) is 7.68. The number of anilines is 2. The number of nitrogens with two attached hydrogens (primary N) is 1. The number of halogens is 4. The number of rotatable bonds is 5. The van der Waals surface area contributed by atoms with Gasteiger partial charge in [-0.1, -0.05) is 22.9 Å². The number of fused-ring (bicyclic) bond motifs is 5. The standard InChI is InChI=1S/C30H30ClF3N6OS/c31-20-8-19-22(39-12-16-2-3-17(13-39)36-16)9-23(41-14-30-6-1-7-40(30)11-15(32)10-30)37-26(19)25(34)24(20)18-4-5-21(33)28-27(18)38-29(35)42-28/h4-5,8-9,15-17,36H,1-3,6-7,10-14H2,(H2,35,38)/t15-,16-,17+,30+/m1/s1. The molecule has 6 heterocycles. The molecule has 42 heavy (non-hydrogen) atoms. The summed E-state index contributed by atoms with van der Waals surface area (Å²) in [5, 5.41) is 4.58. The molecule has 3 N–H and O–H groups in total. The van der Waals surface area contributed by atoms with Crippen LogP contribution in [-0.2, 0) is 0 Å². The largest absolute Gasteiger partial charge is 0.476 e. The van der Waals surface area contributed by atoms with Gasteiger partial charge in [0.1, 0.15) is 24.1 Å². The van der Waals surface area contributed by atoms with Crippen molar-refractivity contribution in [2.24, 2.45) is 0 Å². The summed E-state index contributed by atoms with van der Waals surface area (Å²) in [6.45, 7) is 3.11. The molecule has 2 aromatic carbocycles. The Labute approximate surface area is 249 Å². The Balaban J connectivity index is 1.27. The number of nitrogens with zero attached hydrogens (tertiary/aromatic N) is 4. The Hall–Kier alpha value is -2.86. The van der Waals surface area contributed by atoms with Crippen molar-refractivity contribution in [1.82, 2.24) is 20.2 Å². The third-order valence-corrected chi connectivity index (χ3v) is 10.7. The van der Waals surface area contributed by atoms with E-state index in [1.807, 2.05) is 6.07 Å². The number of hydrogen-bond acceptors (Lipinski definition) is 8. The minimum atomic E-state index is -0.875. The molecule has 2 bridgehead atoms. The van der Waals surface area contributed by atoms with Gasteiger partial charge in [-0.2, -0.15) is 0 Å². The van der Waals surface area contributed by atoms with E-state index in [1.54, 1.807) is 6.07 Å². The predicted molar refractivity (Wildman–Crippen MR) is 160 cm³/mol. The van der Waals surface area contributed by atoms with Gasteiger partial charge in [0, 0.05) is 60.7 Å². The Morgan fingerprint density at radius 3 is 2.74 bits per heavy atom. The van der Waals surface area contributed by atoms with Crippen molar-refractivity contribution in [3.8, 4) is 17.0 Å². The minimum Gasteiger partial charge on any atom is -0.476 e. The second-order valence-electron chi connectivity index (χ2n) is 12.2. The zero-order chi connectivity index (χ0) is 28.7. The van der Waals surface area contributed by atoms with Crippen molar-refractivity contribution >= 4 is 54.9 Å². The summed E-state index contributed by atoms with van der Waals surface area (Å²) >= 11 is 7.82. The summed E-state index contributed by atoms with van der Waals surface area (Å²) in [5.41, 5.74) is 7.15. The lowest BCUT2D eigenvalue weighted by atomic mass is 9.95. The van der Waals surface area contributed by atoms with Crippen LogP contribution in [0.25, 0.3) is 32.2 Å². The highest BCUT2D eigenvalue weighted by Gasteiger charge is 2.49. The number of benzene rings is 2. The van der Waals surface area contributed by atoms with Crippen LogP contribution in [0, 0.1) is 11.6 Å². The van der Waals surface area contributed by atoms with Crippen LogP contribution in [0.2, 0.25) is 5.02 Å². The van der Waals surface area contributed by atoms with E-state index in [-0.39, 0.29) is 43.6 Å². The molecule has 8 rings (SSSR count). The average Bonchev–Trinajstić information content (AvgIpc) is 3.70. The van der Waals surface area contributed by atoms with Crippen molar-refractivity contribution < 1.29 is 17.9 Å². The fraction of sp³-hybridized carbons (Fsp3) is 0.467. The van der Waals surface area contributed by atoms with Gasteiger partial charge >= 0.3 is 0 Å². The second kappa shape index (κ2) is 9.83. The summed E-state index contributed by atoms with van der Waals surface area (Å²) in [5.74, 6) is -0.819. The molecule has 0 radical (unpaired) electrons. The molecule has 0 amide bonds. The number of nitrogens with one attached hydrogen (secondary N) is 1. The lowest BCUT2D eigenvalue weighted by Gasteiger charge is -2.35. The fourth-order valence-corrected chi connectivity index (χ4v) is 8.74. The number of piperazine rings is 1. The van der Waals surface area contributed by atoms with E-state index in [1.165, 1.54) is 12.1 Å². The minimum absolute atomic E-state index is 0.0899. The normalized spacial score (nSPS) is 27.4.